The summed E-state index contributed by atoms with van der Waals surface area (Å²) in [6.45, 7) is 7.91. The SMILES string of the molecule is CC(C)n1nc(-c2ccc(C(F)(F)F)cn2)cc1C1[C@H]2CC(N3CCOCC3)C[C@@H]12. The van der Waals surface area contributed by atoms with Crippen molar-refractivity contribution in [3.8, 4) is 11.4 Å². The van der Waals surface area contributed by atoms with Gasteiger partial charge in [0.1, 0.15) is 5.69 Å². The molecule has 8 heteroatoms. The molecule has 1 aliphatic heterocycles. The monoisotopic (exact) mass is 420 g/mol. The number of nitrogens with zero attached hydrogens (tertiary/aromatic N) is 4. The smallest absolute Gasteiger partial charge is 0.379 e. The maximum absolute atomic E-state index is 12.8. The lowest BCUT2D eigenvalue weighted by atomic mass is 10.0. The third-order valence-electron chi connectivity index (χ3n) is 6.93. The van der Waals surface area contributed by atoms with Gasteiger partial charge in [-0.2, -0.15) is 18.3 Å². The number of fused-ring (bicyclic) bond motifs is 1. The molecule has 0 spiro atoms. The van der Waals surface area contributed by atoms with Crippen LogP contribution in [0, 0.1) is 11.8 Å². The number of alkyl halides is 3. The van der Waals surface area contributed by atoms with E-state index in [1.807, 2.05) is 10.7 Å². The minimum Gasteiger partial charge on any atom is -0.379 e. The minimum atomic E-state index is -4.38. The molecular weight excluding hydrogens is 393 g/mol. The zero-order chi connectivity index (χ0) is 21.0. The maximum Gasteiger partial charge on any atom is 0.417 e. The second-order valence-electron chi connectivity index (χ2n) is 9.05. The summed E-state index contributed by atoms with van der Waals surface area (Å²) in [6, 6.07) is 5.39. The quantitative estimate of drug-likeness (QED) is 0.737. The van der Waals surface area contributed by atoms with Crippen LogP contribution in [-0.4, -0.2) is 52.0 Å². The Morgan fingerprint density at radius 1 is 1.07 bits per heavy atom. The molecule has 4 atom stereocenters. The molecule has 1 saturated heterocycles. The fraction of sp³-hybridized carbons (Fsp3) is 0.636. The normalized spacial score (nSPS) is 29.4. The van der Waals surface area contributed by atoms with Crippen molar-refractivity contribution < 1.29 is 17.9 Å². The molecule has 2 aliphatic carbocycles. The first-order chi connectivity index (χ1) is 14.3. The van der Waals surface area contributed by atoms with Crippen molar-refractivity contribution in [3.05, 3.63) is 35.7 Å². The van der Waals surface area contributed by atoms with E-state index in [9.17, 15) is 13.2 Å². The van der Waals surface area contributed by atoms with E-state index < -0.39 is 11.7 Å². The van der Waals surface area contributed by atoms with Gasteiger partial charge in [-0.1, -0.05) is 0 Å². The predicted octanol–water partition coefficient (Wildman–Crippen LogP) is 4.37. The number of aromatic nitrogens is 3. The molecule has 2 saturated carbocycles. The zero-order valence-electron chi connectivity index (χ0n) is 17.3. The van der Waals surface area contributed by atoms with E-state index >= 15 is 0 Å². The Labute approximate surface area is 174 Å². The van der Waals surface area contributed by atoms with Gasteiger partial charge in [-0.15, -0.1) is 0 Å². The highest BCUT2D eigenvalue weighted by atomic mass is 19.4. The number of hydrogen-bond acceptors (Lipinski definition) is 4. The summed E-state index contributed by atoms with van der Waals surface area (Å²) in [4.78, 5) is 6.61. The van der Waals surface area contributed by atoms with Gasteiger partial charge >= 0.3 is 6.18 Å². The largest absolute Gasteiger partial charge is 0.417 e. The second-order valence-corrected chi connectivity index (χ2v) is 9.05. The Morgan fingerprint density at radius 3 is 2.33 bits per heavy atom. The van der Waals surface area contributed by atoms with Crippen molar-refractivity contribution in [3.63, 3.8) is 0 Å². The highest BCUT2D eigenvalue weighted by Gasteiger charge is 2.58. The number of ether oxygens (including phenoxy) is 1. The Bertz CT molecular complexity index is 890. The van der Waals surface area contributed by atoms with Crippen LogP contribution in [0.25, 0.3) is 11.4 Å². The van der Waals surface area contributed by atoms with E-state index in [4.69, 9.17) is 9.84 Å². The van der Waals surface area contributed by atoms with E-state index in [2.05, 4.69) is 23.7 Å². The molecule has 5 rings (SSSR count). The van der Waals surface area contributed by atoms with Crippen LogP contribution in [0.3, 0.4) is 0 Å². The van der Waals surface area contributed by atoms with Gasteiger partial charge < -0.3 is 4.74 Å². The van der Waals surface area contributed by atoms with Crippen molar-refractivity contribution in [1.82, 2.24) is 19.7 Å². The number of pyridine rings is 1. The van der Waals surface area contributed by atoms with Crippen LogP contribution in [0.4, 0.5) is 13.2 Å². The molecule has 3 aliphatic rings. The summed E-state index contributed by atoms with van der Waals surface area (Å²) < 4.78 is 46.0. The first kappa shape index (κ1) is 20.0. The Balaban J connectivity index is 1.34. The number of morpholine rings is 1. The van der Waals surface area contributed by atoms with Crippen LogP contribution >= 0.6 is 0 Å². The molecular formula is C22H27F3N4O. The molecule has 30 heavy (non-hydrogen) atoms. The van der Waals surface area contributed by atoms with E-state index in [-0.39, 0.29) is 6.04 Å². The lowest BCUT2D eigenvalue weighted by Gasteiger charge is -2.33. The van der Waals surface area contributed by atoms with E-state index in [1.54, 1.807) is 0 Å². The molecule has 0 amide bonds. The third kappa shape index (κ3) is 3.54. The summed E-state index contributed by atoms with van der Waals surface area (Å²) in [5.74, 6) is 1.86. The highest BCUT2D eigenvalue weighted by molar-refractivity contribution is 5.55. The first-order valence-corrected chi connectivity index (χ1v) is 10.8. The Kier molecular flexibility index (Phi) is 4.89. The molecule has 2 aromatic rings. The Morgan fingerprint density at radius 2 is 1.77 bits per heavy atom. The molecule has 0 N–H and O–H groups in total. The second kappa shape index (κ2) is 7.34. The molecule has 0 aromatic carbocycles. The fourth-order valence-corrected chi connectivity index (χ4v) is 5.40. The summed E-state index contributed by atoms with van der Waals surface area (Å²) in [5.41, 5.74) is 1.61. The molecule has 5 nitrogen and oxygen atoms in total. The van der Waals surface area contributed by atoms with Gasteiger partial charge in [-0.25, -0.2) is 0 Å². The third-order valence-corrected chi connectivity index (χ3v) is 6.93. The Hall–Kier alpha value is -1.93. The van der Waals surface area contributed by atoms with Gasteiger partial charge in [-0.05, 0) is 56.7 Å². The van der Waals surface area contributed by atoms with Crippen LogP contribution < -0.4 is 0 Å². The van der Waals surface area contributed by atoms with Crippen molar-refractivity contribution in [1.29, 1.82) is 0 Å². The van der Waals surface area contributed by atoms with Crippen LogP contribution in [-0.2, 0) is 10.9 Å². The molecule has 2 aromatic heterocycles. The van der Waals surface area contributed by atoms with Crippen molar-refractivity contribution >= 4 is 0 Å². The zero-order valence-corrected chi connectivity index (χ0v) is 17.3. The van der Waals surface area contributed by atoms with E-state index in [1.165, 1.54) is 24.6 Å². The van der Waals surface area contributed by atoms with E-state index in [0.29, 0.717) is 35.2 Å². The molecule has 0 bridgehead atoms. The number of halogens is 3. The van der Waals surface area contributed by atoms with Gasteiger partial charge in [0, 0.05) is 43.0 Å². The number of rotatable bonds is 4. The van der Waals surface area contributed by atoms with Gasteiger partial charge in [0.25, 0.3) is 0 Å². The van der Waals surface area contributed by atoms with Gasteiger partial charge in [0.15, 0.2) is 0 Å². The summed E-state index contributed by atoms with van der Waals surface area (Å²) in [7, 11) is 0. The predicted molar refractivity (Wildman–Crippen MR) is 106 cm³/mol. The molecule has 3 fully saturated rings. The van der Waals surface area contributed by atoms with E-state index in [0.717, 1.165) is 38.6 Å². The molecule has 162 valence electrons. The van der Waals surface area contributed by atoms with Crippen LogP contribution in [0.5, 0.6) is 0 Å². The maximum atomic E-state index is 12.8. The highest BCUT2D eigenvalue weighted by Crippen LogP contribution is 2.64. The topological polar surface area (TPSA) is 43.2 Å². The van der Waals surface area contributed by atoms with Crippen LogP contribution in [0.15, 0.2) is 24.4 Å². The lowest BCUT2D eigenvalue weighted by molar-refractivity contribution is -0.137. The average molecular weight is 420 g/mol. The number of hydrogen-bond donors (Lipinski definition) is 0. The van der Waals surface area contributed by atoms with Crippen molar-refractivity contribution in [2.24, 2.45) is 11.8 Å². The molecule has 3 heterocycles. The first-order valence-electron chi connectivity index (χ1n) is 10.8. The standard InChI is InChI=1S/C22H27F3N4O/c1-13(2)29-20(11-19(27-29)18-4-3-14(12-26-18)22(23,24)25)21-16-9-15(10-17(16)21)28-5-7-30-8-6-28/h3-4,11-13,15-17,21H,5-10H2,1-2H3/t15?,16-,17+,21?. The van der Waals surface area contributed by atoms with Gasteiger partial charge in [0.2, 0.25) is 0 Å². The average Bonchev–Trinajstić information content (AvgIpc) is 3.10. The lowest BCUT2D eigenvalue weighted by Crippen LogP contribution is -2.43. The fourth-order valence-electron chi connectivity index (χ4n) is 5.40. The van der Waals surface area contributed by atoms with Crippen molar-refractivity contribution in [2.75, 3.05) is 26.3 Å². The molecule has 0 radical (unpaired) electrons. The van der Waals surface area contributed by atoms with Crippen molar-refractivity contribution in [2.45, 2.75) is 50.9 Å². The molecule has 2 unspecified atom stereocenters. The van der Waals surface area contributed by atoms with Gasteiger partial charge in [0.05, 0.1) is 24.5 Å². The summed E-state index contributed by atoms with van der Waals surface area (Å²) in [6.07, 6.45) is -1.06. The summed E-state index contributed by atoms with van der Waals surface area (Å²) in [5, 5.41) is 4.72. The van der Waals surface area contributed by atoms with Crippen LogP contribution in [0.1, 0.15) is 49.9 Å². The van der Waals surface area contributed by atoms with Gasteiger partial charge in [-0.3, -0.25) is 14.6 Å². The summed E-state index contributed by atoms with van der Waals surface area (Å²) >= 11 is 0. The minimum absolute atomic E-state index is 0.194. The van der Waals surface area contributed by atoms with Crippen LogP contribution in [0.2, 0.25) is 0 Å².